The van der Waals surface area contributed by atoms with Gasteiger partial charge in [0.05, 0.1) is 18.9 Å². The second-order valence-corrected chi connectivity index (χ2v) is 6.96. The molecule has 7 nitrogen and oxygen atoms in total. The van der Waals surface area contributed by atoms with Gasteiger partial charge in [-0.05, 0) is 28.1 Å². The Morgan fingerprint density at radius 2 is 1.72 bits per heavy atom. The molecular weight excluding hydrogens is 392 g/mol. The van der Waals surface area contributed by atoms with Gasteiger partial charge in [-0.2, -0.15) is 0 Å². The third-order valence-corrected chi connectivity index (χ3v) is 4.47. The summed E-state index contributed by atoms with van der Waals surface area (Å²) >= 11 is 3.46. The van der Waals surface area contributed by atoms with Crippen LogP contribution >= 0.6 is 15.9 Å². The fourth-order valence-electron chi connectivity index (χ4n) is 2.62. The third kappa shape index (κ3) is 3.96. The maximum atomic E-state index is 12.5. The van der Waals surface area contributed by atoms with Crippen LogP contribution < -0.4 is 5.32 Å². The van der Waals surface area contributed by atoms with Crippen molar-refractivity contribution in [3.05, 3.63) is 40.1 Å². The summed E-state index contributed by atoms with van der Waals surface area (Å²) in [7, 11) is 0. The van der Waals surface area contributed by atoms with Gasteiger partial charge in [0.25, 0.3) is 5.79 Å². The molecule has 134 valence electrons. The Morgan fingerprint density at radius 1 is 1.12 bits per heavy atom. The number of hydrogen-bond acceptors (Lipinski definition) is 7. The van der Waals surface area contributed by atoms with Gasteiger partial charge in [-0.15, -0.1) is 0 Å². The summed E-state index contributed by atoms with van der Waals surface area (Å²) in [5.41, 5.74) is 0.582. The molecule has 0 aliphatic carbocycles. The van der Waals surface area contributed by atoms with E-state index in [4.69, 9.17) is 14.2 Å². The number of anilines is 1. The monoisotopic (exact) mass is 410 g/mol. The molecule has 0 amide bonds. The van der Waals surface area contributed by atoms with Crippen LogP contribution in [0.5, 0.6) is 0 Å². The molecule has 0 unspecified atom stereocenters. The molecule has 1 aromatic carbocycles. The van der Waals surface area contributed by atoms with Crippen LogP contribution in [0.1, 0.15) is 13.8 Å². The Balaban J connectivity index is 2.02. The number of nitrogens with zero attached hydrogens (tertiary/aromatic N) is 1. The van der Waals surface area contributed by atoms with Gasteiger partial charge in [0.2, 0.25) is 0 Å². The highest BCUT2D eigenvalue weighted by atomic mass is 79.9. The normalized spacial score (nSPS) is 20.0. The summed E-state index contributed by atoms with van der Waals surface area (Å²) in [6, 6.07) is 7.44. The zero-order chi connectivity index (χ0) is 18.0. The number of esters is 2. The fraction of sp³-hybridized carbons (Fsp3) is 0.412. The molecule has 0 atom stereocenters. The first-order valence-electron chi connectivity index (χ1n) is 7.92. The molecule has 2 saturated heterocycles. The highest BCUT2D eigenvalue weighted by Crippen LogP contribution is 2.29. The Hall–Kier alpha value is -2.06. The topological polar surface area (TPSA) is 77.1 Å². The van der Waals surface area contributed by atoms with Crippen LogP contribution in [0, 0.1) is 0 Å². The first kappa shape index (κ1) is 17.8. The largest absolute Gasteiger partial charge is 0.419 e. The summed E-state index contributed by atoms with van der Waals surface area (Å²) in [5.74, 6) is -2.33. The van der Waals surface area contributed by atoms with E-state index in [9.17, 15) is 9.59 Å². The van der Waals surface area contributed by atoms with Gasteiger partial charge >= 0.3 is 11.9 Å². The Morgan fingerprint density at radius 3 is 2.32 bits per heavy atom. The summed E-state index contributed by atoms with van der Waals surface area (Å²) in [6.07, 6.45) is 0. The van der Waals surface area contributed by atoms with E-state index in [0.29, 0.717) is 32.1 Å². The minimum absolute atomic E-state index is 0.142. The first-order chi connectivity index (χ1) is 11.9. The number of cyclic esters (lactones) is 2. The fourth-order valence-corrected chi connectivity index (χ4v) is 3.01. The summed E-state index contributed by atoms with van der Waals surface area (Å²) in [6.45, 7) is 5.14. The van der Waals surface area contributed by atoms with Crippen LogP contribution in [0.15, 0.2) is 40.1 Å². The highest BCUT2D eigenvalue weighted by Gasteiger charge is 2.42. The summed E-state index contributed by atoms with van der Waals surface area (Å²) in [5, 5.41) is 3.18. The number of carbonyl (C=O) groups is 2. The van der Waals surface area contributed by atoms with Crippen molar-refractivity contribution in [2.24, 2.45) is 0 Å². The molecule has 0 spiro atoms. The van der Waals surface area contributed by atoms with Gasteiger partial charge in [0.1, 0.15) is 5.82 Å². The predicted octanol–water partition coefficient (Wildman–Crippen LogP) is 2.24. The van der Waals surface area contributed by atoms with Crippen LogP contribution in [-0.4, -0.2) is 48.9 Å². The minimum atomic E-state index is -1.28. The van der Waals surface area contributed by atoms with E-state index in [2.05, 4.69) is 21.2 Å². The number of para-hydroxylation sites is 1. The average molecular weight is 411 g/mol. The highest BCUT2D eigenvalue weighted by molar-refractivity contribution is 9.10. The number of benzene rings is 1. The molecule has 2 aliphatic rings. The van der Waals surface area contributed by atoms with E-state index in [-0.39, 0.29) is 5.57 Å². The van der Waals surface area contributed by atoms with Crippen LogP contribution in [0.3, 0.4) is 0 Å². The maximum Gasteiger partial charge on any atom is 0.352 e. The van der Waals surface area contributed by atoms with Crippen LogP contribution in [0.2, 0.25) is 0 Å². The molecule has 0 aromatic heterocycles. The van der Waals surface area contributed by atoms with E-state index in [1.807, 2.05) is 29.2 Å². The number of ether oxygens (including phenoxy) is 3. The average Bonchev–Trinajstić information content (AvgIpc) is 2.55. The van der Waals surface area contributed by atoms with Gasteiger partial charge in [0, 0.05) is 31.4 Å². The Bertz CT molecular complexity index is 704. The quantitative estimate of drug-likeness (QED) is 0.465. The first-order valence-corrected chi connectivity index (χ1v) is 8.72. The smallest absolute Gasteiger partial charge is 0.352 e. The summed E-state index contributed by atoms with van der Waals surface area (Å²) < 4.78 is 16.7. The maximum absolute atomic E-state index is 12.5. The molecule has 0 bridgehead atoms. The number of hydrogen-bond donors (Lipinski definition) is 1. The number of morpholine rings is 1. The molecule has 25 heavy (non-hydrogen) atoms. The van der Waals surface area contributed by atoms with Crippen LogP contribution in [0.25, 0.3) is 0 Å². The van der Waals surface area contributed by atoms with Crippen molar-refractivity contribution in [1.82, 2.24) is 4.90 Å². The molecule has 1 aromatic rings. The van der Waals surface area contributed by atoms with Crippen molar-refractivity contribution in [3.8, 4) is 0 Å². The predicted molar refractivity (Wildman–Crippen MR) is 93.4 cm³/mol. The van der Waals surface area contributed by atoms with Crippen LogP contribution in [0.4, 0.5) is 5.69 Å². The lowest BCUT2D eigenvalue weighted by atomic mass is 10.2. The number of rotatable bonds is 3. The second kappa shape index (κ2) is 7.05. The Labute approximate surface area is 154 Å². The zero-order valence-electron chi connectivity index (χ0n) is 14.0. The van der Waals surface area contributed by atoms with Crippen molar-refractivity contribution in [3.63, 3.8) is 0 Å². The molecule has 2 heterocycles. The molecule has 0 radical (unpaired) electrons. The molecule has 2 fully saturated rings. The van der Waals surface area contributed by atoms with Crippen molar-refractivity contribution in [2.45, 2.75) is 19.6 Å². The molecule has 2 aliphatic heterocycles. The lowest BCUT2D eigenvalue weighted by molar-refractivity contribution is -0.222. The summed E-state index contributed by atoms with van der Waals surface area (Å²) in [4.78, 5) is 26.9. The standard InChI is InChI=1S/C17H19BrN2O5/c1-17(2)24-15(21)13(16(22)25-17)14(20-7-9-23-10-8-20)19-12-6-4-3-5-11(12)18/h3-6,19H,7-10H2,1-2H3. The molecular formula is C17H19BrN2O5. The number of carbonyl (C=O) groups excluding carboxylic acids is 2. The number of nitrogens with one attached hydrogen (secondary N) is 1. The molecule has 1 N–H and O–H groups in total. The third-order valence-electron chi connectivity index (χ3n) is 3.78. The van der Waals surface area contributed by atoms with Crippen molar-refractivity contribution < 1.29 is 23.8 Å². The SMILES string of the molecule is CC1(C)OC(=O)C(=C(Nc2ccccc2Br)N2CCOCC2)C(=O)O1. The van der Waals surface area contributed by atoms with E-state index in [0.717, 1.165) is 10.2 Å². The lowest BCUT2D eigenvalue weighted by Crippen LogP contribution is -2.46. The van der Waals surface area contributed by atoms with Gasteiger partial charge in [-0.3, -0.25) is 0 Å². The number of halogens is 1. The van der Waals surface area contributed by atoms with Gasteiger partial charge < -0.3 is 24.4 Å². The second-order valence-electron chi connectivity index (χ2n) is 6.11. The van der Waals surface area contributed by atoms with E-state index < -0.39 is 17.7 Å². The van der Waals surface area contributed by atoms with Gasteiger partial charge in [0.15, 0.2) is 5.57 Å². The van der Waals surface area contributed by atoms with Crippen molar-refractivity contribution in [1.29, 1.82) is 0 Å². The van der Waals surface area contributed by atoms with Crippen molar-refractivity contribution >= 4 is 33.6 Å². The zero-order valence-corrected chi connectivity index (χ0v) is 15.6. The molecule has 0 saturated carbocycles. The van der Waals surface area contributed by atoms with Gasteiger partial charge in [-0.1, -0.05) is 12.1 Å². The van der Waals surface area contributed by atoms with Crippen molar-refractivity contribution in [2.75, 3.05) is 31.6 Å². The molecule has 8 heteroatoms. The molecule has 3 rings (SSSR count). The van der Waals surface area contributed by atoms with E-state index >= 15 is 0 Å². The lowest BCUT2D eigenvalue weighted by Gasteiger charge is -2.35. The minimum Gasteiger partial charge on any atom is -0.419 e. The van der Waals surface area contributed by atoms with Gasteiger partial charge in [-0.25, -0.2) is 9.59 Å². The van der Waals surface area contributed by atoms with Crippen LogP contribution in [-0.2, 0) is 23.8 Å². The Kier molecular flexibility index (Phi) is 5.01. The van der Waals surface area contributed by atoms with E-state index in [1.165, 1.54) is 13.8 Å². The van der Waals surface area contributed by atoms with E-state index in [1.54, 1.807) is 0 Å².